The number of rotatable bonds is 6. The highest BCUT2D eigenvalue weighted by Gasteiger charge is 2.05. The lowest BCUT2D eigenvalue weighted by Gasteiger charge is -2.07. The van der Waals surface area contributed by atoms with Gasteiger partial charge in [-0.05, 0) is 48.5 Å². The van der Waals surface area contributed by atoms with E-state index in [1.807, 2.05) is 0 Å². The second-order valence-electron chi connectivity index (χ2n) is 4.07. The van der Waals surface area contributed by atoms with Gasteiger partial charge in [-0.15, -0.1) is 0 Å². The fourth-order valence-corrected chi connectivity index (χ4v) is 1.55. The minimum atomic E-state index is -1.00. The van der Waals surface area contributed by atoms with Gasteiger partial charge in [0.2, 0.25) is 0 Å². The SMILES string of the molecule is O=C(O)c1ccc(OBOc2ccc(C(=O)O)cc2)cc1. The van der Waals surface area contributed by atoms with E-state index in [1.165, 1.54) is 48.5 Å². The van der Waals surface area contributed by atoms with Gasteiger partial charge in [-0.2, -0.15) is 0 Å². The Balaban J connectivity index is 1.86. The molecule has 0 aliphatic heterocycles. The summed E-state index contributed by atoms with van der Waals surface area (Å²) < 4.78 is 10.6. The van der Waals surface area contributed by atoms with Crippen LogP contribution < -0.4 is 9.31 Å². The summed E-state index contributed by atoms with van der Waals surface area (Å²) >= 11 is 0. The smallest absolute Gasteiger partial charge is 0.529 e. The molecule has 7 heteroatoms. The maximum atomic E-state index is 10.7. The highest BCUT2D eigenvalue weighted by Crippen LogP contribution is 2.14. The summed E-state index contributed by atoms with van der Waals surface area (Å²) in [5.74, 6) is -1.06. The van der Waals surface area contributed by atoms with Crippen molar-refractivity contribution in [2.45, 2.75) is 0 Å². The maximum absolute atomic E-state index is 10.7. The van der Waals surface area contributed by atoms with Crippen molar-refractivity contribution in [1.29, 1.82) is 0 Å². The zero-order chi connectivity index (χ0) is 15.2. The molecular formula is C14H11BO6. The van der Waals surface area contributed by atoms with Crippen molar-refractivity contribution < 1.29 is 29.1 Å². The van der Waals surface area contributed by atoms with Crippen LogP contribution in [0, 0.1) is 0 Å². The molecule has 21 heavy (non-hydrogen) atoms. The summed E-state index contributed by atoms with van der Waals surface area (Å²) in [6, 6.07) is 11.8. The molecule has 2 rings (SSSR count). The molecule has 0 bridgehead atoms. The largest absolute Gasteiger partial charge is 0.576 e. The van der Waals surface area contributed by atoms with Crippen LogP contribution in [0.5, 0.6) is 11.5 Å². The van der Waals surface area contributed by atoms with Gasteiger partial charge < -0.3 is 19.5 Å². The topological polar surface area (TPSA) is 93.1 Å². The van der Waals surface area contributed by atoms with E-state index < -0.39 is 11.9 Å². The molecule has 0 aliphatic carbocycles. The molecule has 2 aromatic carbocycles. The fourth-order valence-electron chi connectivity index (χ4n) is 1.55. The predicted octanol–water partition coefficient (Wildman–Crippen LogP) is 1.81. The van der Waals surface area contributed by atoms with Gasteiger partial charge in [0.15, 0.2) is 0 Å². The third-order valence-electron chi connectivity index (χ3n) is 2.65. The average Bonchev–Trinajstić information content (AvgIpc) is 2.48. The zero-order valence-corrected chi connectivity index (χ0v) is 10.9. The number of hydrogen-bond acceptors (Lipinski definition) is 4. The van der Waals surface area contributed by atoms with E-state index in [9.17, 15) is 9.59 Å². The van der Waals surface area contributed by atoms with Crippen LogP contribution in [0.3, 0.4) is 0 Å². The summed E-state index contributed by atoms with van der Waals surface area (Å²) in [7, 11) is -0.0706. The minimum Gasteiger partial charge on any atom is -0.529 e. The van der Waals surface area contributed by atoms with Gasteiger partial charge in [0.1, 0.15) is 11.5 Å². The Morgan fingerprint density at radius 1 is 0.714 bits per heavy atom. The summed E-state index contributed by atoms with van der Waals surface area (Å²) in [6.07, 6.45) is 0. The molecule has 0 spiro atoms. The standard InChI is InChI=1S/C14H11BO6/c16-13(17)9-1-5-11(6-2-9)20-15-21-12-7-3-10(4-8-12)14(18)19/h1-8,15H,(H,16,17)(H,18,19). The molecule has 0 aliphatic rings. The highest BCUT2D eigenvalue weighted by atomic mass is 16.6. The molecule has 0 saturated carbocycles. The van der Waals surface area contributed by atoms with E-state index in [1.54, 1.807) is 0 Å². The third kappa shape index (κ3) is 4.00. The molecule has 2 aromatic rings. The Morgan fingerprint density at radius 3 is 1.33 bits per heavy atom. The van der Waals surface area contributed by atoms with Crippen LogP contribution in [-0.4, -0.2) is 29.8 Å². The molecule has 106 valence electrons. The molecule has 0 radical (unpaired) electrons. The zero-order valence-electron chi connectivity index (χ0n) is 10.9. The van der Waals surface area contributed by atoms with Gasteiger partial charge in [-0.3, -0.25) is 0 Å². The van der Waals surface area contributed by atoms with E-state index in [2.05, 4.69) is 0 Å². The quantitative estimate of drug-likeness (QED) is 0.786. The molecule has 0 amide bonds. The van der Waals surface area contributed by atoms with Crippen molar-refractivity contribution in [2.24, 2.45) is 0 Å². The molecule has 0 aromatic heterocycles. The van der Waals surface area contributed by atoms with Crippen molar-refractivity contribution >= 4 is 19.6 Å². The van der Waals surface area contributed by atoms with Crippen LogP contribution in [0.25, 0.3) is 0 Å². The number of aromatic carboxylic acids is 2. The lowest BCUT2D eigenvalue weighted by atomic mass is 10.2. The average molecular weight is 286 g/mol. The number of benzene rings is 2. The minimum absolute atomic E-state index is 0.0706. The van der Waals surface area contributed by atoms with Crippen molar-refractivity contribution in [3.8, 4) is 11.5 Å². The summed E-state index contributed by atoms with van der Waals surface area (Å²) in [5, 5.41) is 17.5. The number of carboxylic acid groups (broad SMARTS) is 2. The van der Waals surface area contributed by atoms with Gasteiger partial charge in [0.05, 0.1) is 11.1 Å². The Hall–Kier alpha value is -2.96. The lowest BCUT2D eigenvalue weighted by Crippen LogP contribution is -2.11. The third-order valence-corrected chi connectivity index (χ3v) is 2.65. The fraction of sp³-hybridized carbons (Fsp3) is 0. The maximum Gasteiger partial charge on any atom is 0.576 e. The first-order chi connectivity index (χ1) is 10.1. The molecular weight excluding hydrogens is 275 g/mol. The summed E-state index contributed by atoms with van der Waals surface area (Å²) in [6.45, 7) is 0. The van der Waals surface area contributed by atoms with E-state index in [0.29, 0.717) is 11.5 Å². The highest BCUT2D eigenvalue weighted by molar-refractivity contribution is 6.20. The second-order valence-corrected chi connectivity index (χ2v) is 4.07. The van der Waals surface area contributed by atoms with Crippen LogP contribution in [0.15, 0.2) is 48.5 Å². The van der Waals surface area contributed by atoms with E-state index in [4.69, 9.17) is 19.5 Å². The van der Waals surface area contributed by atoms with Gasteiger partial charge >= 0.3 is 19.6 Å². The van der Waals surface area contributed by atoms with Gasteiger partial charge in [-0.25, -0.2) is 9.59 Å². The summed E-state index contributed by atoms with van der Waals surface area (Å²) in [4.78, 5) is 21.4. The van der Waals surface area contributed by atoms with Crippen molar-refractivity contribution in [2.75, 3.05) is 0 Å². The Morgan fingerprint density at radius 2 is 1.05 bits per heavy atom. The van der Waals surface area contributed by atoms with Crippen LogP contribution in [0.2, 0.25) is 0 Å². The molecule has 0 heterocycles. The first-order valence-corrected chi connectivity index (χ1v) is 5.98. The first-order valence-electron chi connectivity index (χ1n) is 5.98. The van der Waals surface area contributed by atoms with Crippen molar-refractivity contribution in [3.63, 3.8) is 0 Å². The van der Waals surface area contributed by atoms with Gasteiger partial charge in [0, 0.05) is 0 Å². The van der Waals surface area contributed by atoms with Crippen molar-refractivity contribution in [1.82, 2.24) is 0 Å². The monoisotopic (exact) mass is 286 g/mol. The van der Waals surface area contributed by atoms with Crippen LogP contribution in [0.1, 0.15) is 20.7 Å². The second kappa shape index (κ2) is 6.47. The van der Waals surface area contributed by atoms with E-state index >= 15 is 0 Å². The number of hydrogen-bond donors (Lipinski definition) is 2. The van der Waals surface area contributed by atoms with Crippen LogP contribution in [-0.2, 0) is 0 Å². The Kier molecular flexibility index (Phi) is 4.45. The van der Waals surface area contributed by atoms with Gasteiger partial charge in [-0.1, -0.05) is 0 Å². The summed E-state index contributed by atoms with van der Waals surface area (Å²) in [5.41, 5.74) is 0.347. The van der Waals surface area contributed by atoms with Crippen LogP contribution in [0.4, 0.5) is 0 Å². The molecule has 0 saturated heterocycles. The van der Waals surface area contributed by atoms with E-state index in [-0.39, 0.29) is 18.8 Å². The molecule has 2 N–H and O–H groups in total. The normalized spacial score (nSPS) is 9.71. The molecule has 0 unspecified atom stereocenters. The van der Waals surface area contributed by atoms with Crippen molar-refractivity contribution in [3.05, 3.63) is 59.7 Å². The number of carbonyl (C=O) groups is 2. The Bertz CT molecular complexity index is 578. The molecule has 0 fully saturated rings. The van der Waals surface area contributed by atoms with Crippen LogP contribution >= 0.6 is 0 Å². The Labute approximate surface area is 120 Å². The number of carboxylic acids is 2. The molecule has 0 atom stereocenters. The lowest BCUT2D eigenvalue weighted by molar-refractivity contribution is 0.0686. The van der Waals surface area contributed by atoms with Gasteiger partial charge in [0.25, 0.3) is 0 Å². The first kappa shape index (κ1) is 14.5. The van der Waals surface area contributed by atoms with E-state index in [0.717, 1.165) is 0 Å². The molecule has 6 nitrogen and oxygen atoms in total. The predicted molar refractivity (Wildman–Crippen MR) is 75.2 cm³/mol.